The maximum absolute atomic E-state index is 11.5. The van der Waals surface area contributed by atoms with Crippen LogP contribution in [0.4, 0.5) is 5.69 Å². The van der Waals surface area contributed by atoms with Crippen LogP contribution in [0, 0.1) is 10.1 Å². The zero-order valence-corrected chi connectivity index (χ0v) is 9.98. The molecule has 0 aliphatic heterocycles. The number of methoxy groups -OCH3 is 2. The first-order chi connectivity index (χ1) is 8.04. The molecule has 0 aromatic heterocycles. The van der Waals surface area contributed by atoms with E-state index >= 15 is 0 Å². The zero-order chi connectivity index (χ0) is 13.0. The van der Waals surface area contributed by atoms with Gasteiger partial charge >= 0.3 is 5.97 Å². The van der Waals surface area contributed by atoms with Crippen LogP contribution in [0.5, 0.6) is 5.75 Å². The predicted molar refractivity (Wildman–Crippen MR) is 60.5 cm³/mol. The average molecular weight is 260 g/mol. The van der Waals surface area contributed by atoms with Crippen LogP contribution in [-0.2, 0) is 10.6 Å². The number of esters is 1. The van der Waals surface area contributed by atoms with Gasteiger partial charge in [-0.1, -0.05) is 0 Å². The van der Waals surface area contributed by atoms with Crippen molar-refractivity contribution in [3.8, 4) is 5.75 Å². The highest BCUT2D eigenvalue weighted by Crippen LogP contribution is 2.30. The Bertz CT molecular complexity index is 460. The van der Waals surface area contributed by atoms with Crippen LogP contribution in [0.3, 0.4) is 0 Å². The van der Waals surface area contributed by atoms with Crippen molar-refractivity contribution in [2.45, 2.75) is 5.88 Å². The SMILES string of the molecule is COC(=O)c1cc([N+](=O)[O-])cc(OC)c1CCl. The molecule has 92 valence electrons. The summed E-state index contributed by atoms with van der Waals surface area (Å²) in [6.07, 6.45) is 0. The summed E-state index contributed by atoms with van der Waals surface area (Å²) in [5.41, 5.74) is 0.149. The highest BCUT2D eigenvalue weighted by Gasteiger charge is 2.21. The lowest BCUT2D eigenvalue weighted by molar-refractivity contribution is -0.385. The van der Waals surface area contributed by atoms with Gasteiger partial charge in [-0.15, -0.1) is 11.6 Å². The number of nitrogens with zero attached hydrogens (tertiary/aromatic N) is 1. The van der Waals surface area contributed by atoms with E-state index in [1.54, 1.807) is 0 Å². The van der Waals surface area contributed by atoms with Crippen molar-refractivity contribution in [2.24, 2.45) is 0 Å². The number of alkyl halides is 1. The second kappa shape index (κ2) is 5.49. The predicted octanol–water partition coefficient (Wildman–Crippen LogP) is 2.13. The third kappa shape index (κ3) is 2.65. The summed E-state index contributed by atoms with van der Waals surface area (Å²) in [5.74, 6) is -0.511. The number of nitro benzene ring substituents is 1. The first-order valence-electron chi connectivity index (χ1n) is 4.54. The Morgan fingerprint density at radius 2 is 2.12 bits per heavy atom. The molecule has 1 aromatic carbocycles. The summed E-state index contributed by atoms with van der Waals surface area (Å²) in [6, 6.07) is 2.33. The van der Waals surface area contributed by atoms with Gasteiger partial charge in [-0.25, -0.2) is 4.79 Å². The fraction of sp³-hybridized carbons (Fsp3) is 0.300. The molecule has 6 nitrogen and oxygen atoms in total. The second-order valence-corrected chi connectivity index (χ2v) is 3.32. The third-order valence-electron chi connectivity index (χ3n) is 2.16. The highest BCUT2D eigenvalue weighted by atomic mass is 35.5. The Morgan fingerprint density at radius 1 is 1.47 bits per heavy atom. The second-order valence-electron chi connectivity index (χ2n) is 3.06. The zero-order valence-electron chi connectivity index (χ0n) is 9.23. The summed E-state index contributed by atoms with van der Waals surface area (Å²) < 4.78 is 9.50. The van der Waals surface area contributed by atoms with E-state index in [2.05, 4.69) is 4.74 Å². The van der Waals surface area contributed by atoms with Gasteiger partial charge in [-0.05, 0) is 0 Å². The Morgan fingerprint density at radius 3 is 2.53 bits per heavy atom. The molecule has 0 fully saturated rings. The van der Waals surface area contributed by atoms with E-state index in [4.69, 9.17) is 16.3 Å². The van der Waals surface area contributed by atoms with E-state index < -0.39 is 10.9 Å². The van der Waals surface area contributed by atoms with Crippen LogP contribution in [-0.4, -0.2) is 25.1 Å². The number of nitro groups is 1. The van der Waals surface area contributed by atoms with Gasteiger partial charge in [-0.3, -0.25) is 10.1 Å². The fourth-order valence-corrected chi connectivity index (χ4v) is 1.62. The maximum atomic E-state index is 11.5. The molecule has 0 amide bonds. The van der Waals surface area contributed by atoms with Gasteiger partial charge in [0.1, 0.15) is 5.75 Å². The van der Waals surface area contributed by atoms with Gasteiger partial charge < -0.3 is 9.47 Å². The molecule has 0 saturated heterocycles. The minimum atomic E-state index is -0.692. The molecule has 0 aliphatic carbocycles. The molecule has 0 unspecified atom stereocenters. The first-order valence-corrected chi connectivity index (χ1v) is 5.08. The van der Waals surface area contributed by atoms with Crippen LogP contribution in [0.15, 0.2) is 12.1 Å². The molecule has 7 heteroatoms. The molecule has 0 saturated carbocycles. The Labute approximate surface area is 102 Å². The van der Waals surface area contributed by atoms with Crippen LogP contribution in [0.2, 0.25) is 0 Å². The number of hydrogen-bond acceptors (Lipinski definition) is 5. The van der Waals surface area contributed by atoms with Gasteiger partial charge in [0.15, 0.2) is 0 Å². The standard InChI is InChI=1S/C10H10ClNO5/c1-16-9-4-6(12(14)15)3-7(8(9)5-11)10(13)17-2/h3-4H,5H2,1-2H3. The van der Waals surface area contributed by atoms with Crippen molar-refractivity contribution in [3.05, 3.63) is 33.4 Å². The van der Waals surface area contributed by atoms with Crippen LogP contribution in [0.1, 0.15) is 15.9 Å². The summed E-state index contributed by atoms with van der Waals surface area (Å²) >= 11 is 5.69. The number of halogens is 1. The largest absolute Gasteiger partial charge is 0.496 e. The van der Waals surface area contributed by atoms with Crippen molar-refractivity contribution in [3.63, 3.8) is 0 Å². The van der Waals surface area contributed by atoms with E-state index in [0.29, 0.717) is 5.56 Å². The fourth-order valence-electron chi connectivity index (χ4n) is 1.35. The molecule has 0 bridgehead atoms. The number of carbonyl (C=O) groups is 1. The van der Waals surface area contributed by atoms with E-state index in [1.807, 2.05) is 0 Å². The number of ether oxygens (including phenoxy) is 2. The number of hydrogen-bond donors (Lipinski definition) is 0. The average Bonchev–Trinajstić information content (AvgIpc) is 2.35. The topological polar surface area (TPSA) is 78.7 Å². The van der Waals surface area contributed by atoms with Crippen molar-refractivity contribution in [1.82, 2.24) is 0 Å². The molecule has 17 heavy (non-hydrogen) atoms. The van der Waals surface area contributed by atoms with Crippen molar-refractivity contribution >= 4 is 23.3 Å². The van der Waals surface area contributed by atoms with E-state index in [1.165, 1.54) is 20.3 Å². The first kappa shape index (κ1) is 13.2. The summed E-state index contributed by atoms with van der Waals surface area (Å²) in [6.45, 7) is 0. The van der Waals surface area contributed by atoms with Crippen LogP contribution >= 0.6 is 11.6 Å². The summed E-state index contributed by atoms with van der Waals surface area (Å²) in [4.78, 5) is 21.6. The highest BCUT2D eigenvalue weighted by molar-refractivity contribution is 6.18. The molecule has 0 spiro atoms. The monoisotopic (exact) mass is 259 g/mol. The third-order valence-corrected chi connectivity index (χ3v) is 2.43. The van der Waals surface area contributed by atoms with Crippen LogP contribution < -0.4 is 4.74 Å². The smallest absolute Gasteiger partial charge is 0.338 e. The van der Waals surface area contributed by atoms with Crippen molar-refractivity contribution in [2.75, 3.05) is 14.2 Å². The lowest BCUT2D eigenvalue weighted by atomic mass is 10.1. The molecule has 0 aliphatic rings. The Hall–Kier alpha value is -1.82. The minimum Gasteiger partial charge on any atom is -0.496 e. The van der Waals surface area contributed by atoms with Gasteiger partial charge in [0, 0.05) is 11.6 Å². The molecule has 0 heterocycles. The molecular weight excluding hydrogens is 250 g/mol. The molecular formula is C10H10ClNO5. The maximum Gasteiger partial charge on any atom is 0.338 e. The molecule has 0 N–H and O–H groups in total. The van der Waals surface area contributed by atoms with Crippen LogP contribution in [0.25, 0.3) is 0 Å². The summed E-state index contributed by atoms with van der Waals surface area (Å²) in [7, 11) is 2.53. The molecule has 0 atom stereocenters. The lowest BCUT2D eigenvalue weighted by Crippen LogP contribution is -2.07. The Balaban J connectivity index is 3.47. The van der Waals surface area contributed by atoms with Gasteiger partial charge in [0.2, 0.25) is 0 Å². The normalized spacial score (nSPS) is 9.82. The van der Waals surface area contributed by atoms with E-state index in [-0.39, 0.29) is 22.9 Å². The molecule has 1 rings (SSSR count). The minimum absolute atomic E-state index is 0.00833. The number of carbonyl (C=O) groups excluding carboxylic acids is 1. The van der Waals surface area contributed by atoms with Gasteiger partial charge in [-0.2, -0.15) is 0 Å². The molecule has 0 radical (unpaired) electrons. The summed E-state index contributed by atoms with van der Waals surface area (Å²) in [5, 5.41) is 10.7. The van der Waals surface area contributed by atoms with Crippen molar-refractivity contribution < 1.29 is 19.2 Å². The quantitative estimate of drug-likeness (QED) is 0.358. The number of non-ortho nitro benzene ring substituents is 1. The molecule has 1 aromatic rings. The van der Waals surface area contributed by atoms with Gasteiger partial charge in [0.05, 0.1) is 36.7 Å². The number of rotatable bonds is 4. The van der Waals surface area contributed by atoms with Crippen molar-refractivity contribution in [1.29, 1.82) is 0 Å². The van der Waals surface area contributed by atoms with Gasteiger partial charge in [0.25, 0.3) is 5.69 Å². The Kier molecular flexibility index (Phi) is 4.28. The lowest BCUT2D eigenvalue weighted by Gasteiger charge is -2.10. The van der Waals surface area contributed by atoms with E-state index in [0.717, 1.165) is 6.07 Å². The number of benzene rings is 1. The van der Waals surface area contributed by atoms with E-state index in [9.17, 15) is 14.9 Å².